The number of hydrogen-bond acceptors (Lipinski definition) is 0. The number of nitrogens with one attached hydrogen (secondary N) is 1. The molecule has 0 unspecified atom stereocenters. The SMILES string of the molecule is C[Si](C)(C)C[N+]1=Cc2[nH]c3ccccc3c2CC1. The van der Waals surface area contributed by atoms with Crippen LogP contribution >= 0.6 is 0 Å². The molecule has 1 N–H and O–H groups in total. The fourth-order valence-electron chi connectivity index (χ4n) is 2.84. The fraction of sp³-hybridized carbons (Fsp3) is 0.400. The Kier molecular flexibility index (Phi) is 2.66. The molecule has 0 spiro atoms. The average Bonchev–Trinajstić information content (AvgIpc) is 2.64. The van der Waals surface area contributed by atoms with E-state index < -0.39 is 8.07 Å². The van der Waals surface area contributed by atoms with E-state index in [4.69, 9.17) is 0 Å². The highest BCUT2D eigenvalue weighted by Crippen LogP contribution is 2.23. The first-order chi connectivity index (χ1) is 8.53. The van der Waals surface area contributed by atoms with Gasteiger partial charge in [-0.25, -0.2) is 4.58 Å². The van der Waals surface area contributed by atoms with Crippen LogP contribution in [0.3, 0.4) is 0 Å². The molecule has 1 aromatic heterocycles. The fourth-order valence-corrected chi connectivity index (χ4v) is 4.30. The van der Waals surface area contributed by atoms with Crippen LogP contribution in [0.4, 0.5) is 0 Å². The van der Waals surface area contributed by atoms with E-state index in [2.05, 4.69) is 59.7 Å². The standard InChI is InChI=1S/C15H20N2Si/c1-18(2,3)11-17-9-8-13-12-6-4-5-7-14(12)16-15(13)10-17/h4-7,10H,8-9,11H2,1-3H3/p+1. The molecule has 0 fully saturated rings. The molecule has 0 bridgehead atoms. The van der Waals surface area contributed by atoms with Gasteiger partial charge in [0.2, 0.25) is 0 Å². The second kappa shape index (κ2) is 4.09. The van der Waals surface area contributed by atoms with Crippen LogP contribution in [0, 0.1) is 0 Å². The van der Waals surface area contributed by atoms with Crippen molar-refractivity contribution in [3.05, 3.63) is 35.5 Å². The van der Waals surface area contributed by atoms with E-state index in [-0.39, 0.29) is 0 Å². The summed E-state index contributed by atoms with van der Waals surface area (Å²) in [5.74, 6) is 0. The minimum atomic E-state index is -1.02. The number of fused-ring (bicyclic) bond motifs is 3. The van der Waals surface area contributed by atoms with Crippen molar-refractivity contribution in [3.8, 4) is 0 Å². The van der Waals surface area contributed by atoms with Crippen LogP contribution in [0.25, 0.3) is 10.9 Å². The third-order valence-corrected chi connectivity index (χ3v) is 4.84. The molecule has 2 aromatic rings. The van der Waals surface area contributed by atoms with Gasteiger partial charge in [-0.05, 0) is 11.6 Å². The lowest BCUT2D eigenvalue weighted by atomic mass is 10.1. The first-order valence-electron chi connectivity index (χ1n) is 6.71. The van der Waals surface area contributed by atoms with E-state index in [9.17, 15) is 0 Å². The van der Waals surface area contributed by atoms with Crippen molar-refractivity contribution >= 4 is 25.2 Å². The van der Waals surface area contributed by atoms with Gasteiger partial charge in [-0.2, -0.15) is 0 Å². The van der Waals surface area contributed by atoms with Gasteiger partial charge in [0.15, 0.2) is 6.21 Å². The number of benzene rings is 1. The molecule has 0 amide bonds. The summed E-state index contributed by atoms with van der Waals surface area (Å²) in [7, 11) is -1.02. The highest BCUT2D eigenvalue weighted by molar-refractivity contribution is 6.75. The zero-order valence-electron chi connectivity index (χ0n) is 11.5. The van der Waals surface area contributed by atoms with E-state index in [0.717, 1.165) is 0 Å². The van der Waals surface area contributed by atoms with Gasteiger partial charge in [-0.3, -0.25) is 0 Å². The Morgan fingerprint density at radius 3 is 2.78 bits per heavy atom. The highest BCUT2D eigenvalue weighted by Gasteiger charge is 2.25. The molecule has 94 valence electrons. The van der Waals surface area contributed by atoms with E-state index in [1.54, 1.807) is 0 Å². The summed E-state index contributed by atoms with van der Waals surface area (Å²) in [6.07, 6.45) is 4.75. The van der Waals surface area contributed by atoms with E-state index in [0.29, 0.717) is 0 Å². The quantitative estimate of drug-likeness (QED) is 0.630. The predicted molar refractivity (Wildman–Crippen MR) is 80.5 cm³/mol. The van der Waals surface area contributed by atoms with Gasteiger partial charge < -0.3 is 4.98 Å². The lowest BCUT2D eigenvalue weighted by molar-refractivity contribution is -0.508. The van der Waals surface area contributed by atoms with Crippen molar-refractivity contribution in [2.45, 2.75) is 26.1 Å². The van der Waals surface area contributed by atoms with Crippen LogP contribution < -0.4 is 0 Å². The van der Waals surface area contributed by atoms with Crippen molar-refractivity contribution < 1.29 is 4.58 Å². The Balaban J connectivity index is 2.02. The van der Waals surface area contributed by atoms with E-state index in [1.165, 1.54) is 41.3 Å². The zero-order valence-corrected chi connectivity index (χ0v) is 12.5. The molecule has 0 saturated carbocycles. The Hall–Kier alpha value is -1.35. The molecule has 1 aliphatic rings. The maximum Gasteiger partial charge on any atom is 0.187 e. The Morgan fingerprint density at radius 1 is 1.22 bits per heavy atom. The summed E-state index contributed by atoms with van der Waals surface area (Å²) >= 11 is 0. The third-order valence-electron chi connectivity index (χ3n) is 3.48. The van der Waals surface area contributed by atoms with Gasteiger partial charge in [-0.1, -0.05) is 37.8 Å². The third kappa shape index (κ3) is 2.15. The summed E-state index contributed by atoms with van der Waals surface area (Å²) in [6.45, 7) is 8.46. The second-order valence-corrected chi connectivity index (χ2v) is 11.9. The van der Waals surface area contributed by atoms with Crippen LogP contribution in [-0.4, -0.2) is 36.6 Å². The molecule has 2 heterocycles. The average molecular weight is 257 g/mol. The van der Waals surface area contributed by atoms with Crippen molar-refractivity contribution in [1.82, 2.24) is 4.98 Å². The van der Waals surface area contributed by atoms with Gasteiger partial charge in [0.1, 0.15) is 26.5 Å². The van der Waals surface area contributed by atoms with Crippen LogP contribution in [0.15, 0.2) is 24.3 Å². The molecule has 18 heavy (non-hydrogen) atoms. The number of rotatable bonds is 2. The summed E-state index contributed by atoms with van der Waals surface area (Å²) in [5.41, 5.74) is 4.09. The monoisotopic (exact) mass is 257 g/mol. The zero-order chi connectivity index (χ0) is 12.8. The molecule has 0 saturated heterocycles. The first-order valence-corrected chi connectivity index (χ1v) is 10.4. The molecule has 0 radical (unpaired) electrons. The van der Waals surface area contributed by atoms with Crippen molar-refractivity contribution in [3.63, 3.8) is 0 Å². The minimum absolute atomic E-state index is 1.02. The van der Waals surface area contributed by atoms with Gasteiger partial charge in [0.05, 0.1) is 0 Å². The van der Waals surface area contributed by atoms with Crippen LogP contribution in [0.2, 0.25) is 19.6 Å². The molecule has 3 rings (SSSR count). The number of aromatic nitrogens is 1. The number of para-hydroxylation sites is 1. The molecule has 3 heteroatoms. The maximum atomic E-state index is 3.55. The topological polar surface area (TPSA) is 18.8 Å². The summed E-state index contributed by atoms with van der Waals surface area (Å²) in [4.78, 5) is 3.55. The van der Waals surface area contributed by atoms with Crippen LogP contribution in [-0.2, 0) is 6.42 Å². The summed E-state index contributed by atoms with van der Waals surface area (Å²) in [6, 6.07) is 8.63. The smallest absolute Gasteiger partial charge is 0.187 e. The Bertz CT molecular complexity index is 617. The maximum absolute atomic E-state index is 3.55. The largest absolute Gasteiger partial charge is 0.350 e. The lowest BCUT2D eigenvalue weighted by Crippen LogP contribution is -2.37. The Labute approximate surface area is 109 Å². The molecular weight excluding hydrogens is 236 g/mol. The first kappa shape index (κ1) is 11.7. The van der Waals surface area contributed by atoms with E-state index in [1.807, 2.05) is 0 Å². The van der Waals surface area contributed by atoms with Crippen molar-refractivity contribution in [2.75, 3.05) is 12.7 Å². The van der Waals surface area contributed by atoms with E-state index >= 15 is 0 Å². The molecule has 2 nitrogen and oxygen atoms in total. The molecule has 0 atom stereocenters. The van der Waals surface area contributed by atoms with Gasteiger partial charge >= 0.3 is 0 Å². The number of hydrogen-bond donors (Lipinski definition) is 1. The number of H-pyrrole nitrogens is 1. The predicted octanol–water partition coefficient (Wildman–Crippen LogP) is 3.03. The van der Waals surface area contributed by atoms with Crippen LogP contribution in [0.1, 0.15) is 11.3 Å². The normalized spacial score (nSPS) is 15.6. The lowest BCUT2D eigenvalue weighted by Gasteiger charge is -2.16. The highest BCUT2D eigenvalue weighted by atomic mass is 28.3. The van der Waals surface area contributed by atoms with Crippen molar-refractivity contribution in [2.24, 2.45) is 0 Å². The van der Waals surface area contributed by atoms with Gasteiger partial charge in [0.25, 0.3) is 0 Å². The van der Waals surface area contributed by atoms with Gasteiger partial charge in [0, 0.05) is 17.3 Å². The van der Waals surface area contributed by atoms with Crippen molar-refractivity contribution in [1.29, 1.82) is 0 Å². The molecule has 1 aromatic carbocycles. The minimum Gasteiger partial charge on any atom is -0.350 e. The number of nitrogens with zero attached hydrogens (tertiary/aromatic N) is 1. The summed E-state index contributed by atoms with van der Waals surface area (Å²) < 4.78 is 2.50. The Morgan fingerprint density at radius 2 is 2.00 bits per heavy atom. The second-order valence-electron chi connectivity index (χ2n) is 6.47. The summed E-state index contributed by atoms with van der Waals surface area (Å²) in [5, 5.41) is 1.40. The van der Waals surface area contributed by atoms with Crippen LogP contribution in [0.5, 0.6) is 0 Å². The van der Waals surface area contributed by atoms with Gasteiger partial charge in [-0.15, -0.1) is 0 Å². The molecule has 0 aliphatic carbocycles. The molecule has 1 aliphatic heterocycles. The molecular formula is C15H21N2Si+. The number of aromatic amines is 1.